The van der Waals surface area contributed by atoms with Crippen LogP contribution >= 0.6 is 11.5 Å². The van der Waals surface area contributed by atoms with Gasteiger partial charge in [0.25, 0.3) is 5.56 Å². The molecular formula is C16H22N4O3S. The third-order valence-electron chi connectivity index (χ3n) is 4.41. The van der Waals surface area contributed by atoms with E-state index in [-0.39, 0.29) is 11.6 Å². The highest BCUT2D eigenvalue weighted by Gasteiger charge is 2.20. The second kappa shape index (κ2) is 7.87. The van der Waals surface area contributed by atoms with Gasteiger partial charge in [0.05, 0.1) is 12.0 Å². The second-order valence-electron chi connectivity index (χ2n) is 6.01. The fourth-order valence-corrected chi connectivity index (χ4v) is 3.80. The molecule has 1 aliphatic rings. The highest BCUT2D eigenvalue weighted by Crippen LogP contribution is 2.16. The molecule has 1 aliphatic heterocycles. The van der Waals surface area contributed by atoms with E-state index in [1.807, 2.05) is 0 Å². The molecule has 8 heteroatoms. The zero-order valence-corrected chi connectivity index (χ0v) is 14.6. The predicted octanol–water partition coefficient (Wildman–Crippen LogP) is 1.37. The molecule has 1 fully saturated rings. The van der Waals surface area contributed by atoms with Crippen LogP contribution in [0.2, 0.25) is 0 Å². The van der Waals surface area contributed by atoms with Crippen LogP contribution in [0.25, 0.3) is 10.2 Å². The molecule has 0 atom stereocenters. The molecule has 0 spiro atoms. The van der Waals surface area contributed by atoms with E-state index in [0.717, 1.165) is 54.6 Å². The van der Waals surface area contributed by atoms with Crippen molar-refractivity contribution in [2.45, 2.75) is 12.8 Å². The molecule has 3 rings (SSSR count). The van der Waals surface area contributed by atoms with Crippen LogP contribution in [0.3, 0.4) is 0 Å². The Morgan fingerprint density at radius 2 is 2.25 bits per heavy atom. The van der Waals surface area contributed by atoms with Gasteiger partial charge < -0.3 is 15.0 Å². The number of ether oxygens (including phenoxy) is 1. The summed E-state index contributed by atoms with van der Waals surface area (Å²) in [5.41, 5.74) is -0.296. The van der Waals surface area contributed by atoms with Gasteiger partial charge in [-0.25, -0.2) is 9.78 Å². The van der Waals surface area contributed by atoms with Gasteiger partial charge >= 0.3 is 6.03 Å². The third kappa shape index (κ3) is 3.82. The number of nitrogens with zero attached hydrogens (tertiary/aromatic N) is 3. The summed E-state index contributed by atoms with van der Waals surface area (Å²) < 4.78 is 6.26. The fourth-order valence-electron chi connectivity index (χ4n) is 2.94. The molecule has 24 heavy (non-hydrogen) atoms. The summed E-state index contributed by atoms with van der Waals surface area (Å²) in [7, 11) is 1.72. The van der Waals surface area contributed by atoms with E-state index in [1.165, 1.54) is 0 Å². The van der Waals surface area contributed by atoms with E-state index >= 15 is 0 Å². The average Bonchev–Trinajstić information content (AvgIpc) is 2.96. The lowest BCUT2D eigenvalue weighted by Gasteiger charge is -2.31. The van der Waals surface area contributed by atoms with E-state index in [2.05, 4.69) is 15.2 Å². The third-order valence-corrected chi connectivity index (χ3v) is 5.42. The first-order valence-electron chi connectivity index (χ1n) is 8.15. The summed E-state index contributed by atoms with van der Waals surface area (Å²) in [6, 6.07) is 3.04. The topological polar surface area (TPSA) is 76.5 Å². The van der Waals surface area contributed by atoms with Crippen LogP contribution in [0.4, 0.5) is 4.79 Å². The Morgan fingerprint density at radius 1 is 1.46 bits per heavy atom. The van der Waals surface area contributed by atoms with Crippen molar-refractivity contribution in [3.63, 3.8) is 0 Å². The number of carbonyl (C=O) groups excluding carboxylic acids is 1. The maximum Gasteiger partial charge on any atom is 0.338 e. The molecule has 0 radical (unpaired) electrons. The molecule has 0 aliphatic carbocycles. The lowest BCUT2D eigenvalue weighted by Crippen LogP contribution is -2.41. The van der Waals surface area contributed by atoms with Crippen molar-refractivity contribution in [3.05, 3.63) is 28.7 Å². The molecule has 0 aromatic carbocycles. The molecule has 2 aromatic rings. The molecule has 2 aromatic heterocycles. The van der Waals surface area contributed by atoms with Crippen LogP contribution in [0.1, 0.15) is 12.8 Å². The number of likely N-dealkylation sites (tertiary alicyclic amines) is 1. The Kier molecular flexibility index (Phi) is 5.60. The lowest BCUT2D eigenvalue weighted by molar-refractivity contribution is 0.120. The van der Waals surface area contributed by atoms with Gasteiger partial charge in [-0.15, -0.1) is 0 Å². The van der Waals surface area contributed by atoms with Gasteiger partial charge in [-0.3, -0.25) is 4.79 Å². The van der Waals surface area contributed by atoms with Crippen LogP contribution in [-0.2, 0) is 4.74 Å². The van der Waals surface area contributed by atoms with Crippen LogP contribution in [0, 0.1) is 5.92 Å². The van der Waals surface area contributed by atoms with Crippen molar-refractivity contribution in [1.29, 1.82) is 0 Å². The van der Waals surface area contributed by atoms with E-state index in [9.17, 15) is 9.59 Å². The molecule has 0 saturated carbocycles. The minimum absolute atomic E-state index is 0.296. The van der Waals surface area contributed by atoms with E-state index < -0.39 is 0 Å². The summed E-state index contributed by atoms with van der Waals surface area (Å²) in [6.45, 7) is 4.36. The van der Waals surface area contributed by atoms with Gasteiger partial charge in [0.2, 0.25) is 0 Å². The summed E-state index contributed by atoms with van der Waals surface area (Å²) in [5, 5.41) is 3.38. The molecule has 3 heterocycles. The van der Waals surface area contributed by atoms with Crippen LogP contribution in [0.5, 0.6) is 0 Å². The van der Waals surface area contributed by atoms with Crippen molar-refractivity contribution in [3.8, 4) is 0 Å². The first kappa shape index (κ1) is 17.1. The van der Waals surface area contributed by atoms with Gasteiger partial charge in [-0.2, -0.15) is 3.96 Å². The number of amides is 1. The Bertz CT molecular complexity index is 749. The van der Waals surface area contributed by atoms with Gasteiger partial charge in [0.1, 0.15) is 4.83 Å². The Hall–Kier alpha value is -1.77. The fraction of sp³-hybridized carbons (Fsp3) is 0.562. The van der Waals surface area contributed by atoms with Gasteiger partial charge in [-0.1, -0.05) is 0 Å². The molecular weight excluding hydrogens is 328 g/mol. The zero-order valence-electron chi connectivity index (χ0n) is 13.7. The van der Waals surface area contributed by atoms with Crippen molar-refractivity contribution in [2.75, 3.05) is 39.9 Å². The van der Waals surface area contributed by atoms with Gasteiger partial charge in [0, 0.05) is 26.4 Å². The molecule has 1 saturated heterocycles. The molecule has 1 amide bonds. The predicted molar refractivity (Wildman–Crippen MR) is 93.7 cm³/mol. The zero-order chi connectivity index (χ0) is 16.9. The van der Waals surface area contributed by atoms with Crippen LogP contribution in [-0.4, -0.2) is 59.8 Å². The molecule has 1 N–H and O–H groups in total. The van der Waals surface area contributed by atoms with Crippen LogP contribution in [0.15, 0.2) is 23.1 Å². The standard InChI is InChI=1S/C16H22N4O3S/c1-23-10-9-19-7-4-12(5-8-19)11-18-16(22)20-15(21)13-3-2-6-17-14(13)24-20/h2-3,6,12H,4-5,7-11H2,1H3,(H,18,22). The number of pyridine rings is 1. The SMILES string of the molecule is COCCN1CCC(CNC(=O)n2sc3ncccc3c2=O)CC1. The summed E-state index contributed by atoms with van der Waals surface area (Å²) in [6.07, 6.45) is 3.72. The van der Waals surface area contributed by atoms with E-state index in [1.54, 1.807) is 25.4 Å². The van der Waals surface area contributed by atoms with Crippen molar-refractivity contribution in [1.82, 2.24) is 19.2 Å². The normalized spacial score (nSPS) is 16.5. The number of hydrogen-bond acceptors (Lipinski definition) is 6. The number of carbonyl (C=O) groups is 1. The number of nitrogens with one attached hydrogen (secondary N) is 1. The highest BCUT2D eigenvalue weighted by molar-refractivity contribution is 7.14. The smallest absolute Gasteiger partial charge is 0.338 e. The first-order valence-corrected chi connectivity index (χ1v) is 8.93. The van der Waals surface area contributed by atoms with Crippen molar-refractivity contribution >= 4 is 27.8 Å². The minimum Gasteiger partial charge on any atom is -0.383 e. The number of hydrogen-bond donors (Lipinski definition) is 1. The van der Waals surface area contributed by atoms with Gasteiger partial charge in [-0.05, 0) is 55.5 Å². The summed E-state index contributed by atoms with van der Waals surface area (Å²) in [4.78, 5) is 31.6. The monoisotopic (exact) mass is 350 g/mol. The average molecular weight is 350 g/mol. The second-order valence-corrected chi connectivity index (χ2v) is 6.95. The van der Waals surface area contributed by atoms with Gasteiger partial charge in [0.15, 0.2) is 0 Å². The Labute approximate surface area is 144 Å². The highest BCUT2D eigenvalue weighted by atomic mass is 32.1. The molecule has 0 unspecified atom stereocenters. The Balaban J connectivity index is 1.52. The maximum absolute atomic E-state index is 12.3. The number of methoxy groups -OCH3 is 1. The maximum atomic E-state index is 12.3. The number of piperidine rings is 1. The Morgan fingerprint density at radius 3 is 2.96 bits per heavy atom. The minimum atomic E-state index is -0.357. The number of rotatable bonds is 5. The summed E-state index contributed by atoms with van der Waals surface area (Å²) in [5.74, 6) is 0.455. The summed E-state index contributed by atoms with van der Waals surface area (Å²) >= 11 is 1.09. The largest absolute Gasteiger partial charge is 0.383 e. The van der Waals surface area contributed by atoms with Crippen LogP contribution < -0.4 is 10.9 Å². The quantitative estimate of drug-likeness (QED) is 0.881. The van der Waals surface area contributed by atoms with E-state index in [4.69, 9.17) is 4.74 Å². The molecule has 0 bridgehead atoms. The molecule has 130 valence electrons. The number of fused-ring (bicyclic) bond motifs is 1. The van der Waals surface area contributed by atoms with Crippen molar-refractivity contribution < 1.29 is 9.53 Å². The lowest BCUT2D eigenvalue weighted by atomic mass is 9.97. The van der Waals surface area contributed by atoms with Crippen molar-refractivity contribution in [2.24, 2.45) is 5.92 Å². The first-order chi connectivity index (χ1) is 11.7. The molecule has 7 nitrogen and oxygen atoms in total. The number of aromatic nitrogens is 2. The van der Waals surface area contributed by atoms with E-state index in [0.29, 0.717) is 22.7 Å².